The van der Waals surface area contributed by atoms with Gasteiger partial charge in [-0.3, -0.25) is 10.3 Å². The molecule has 11 heteroatoms. The van der Waals surface area contributed by atoms with Crippen LogP contribution in [0.25, 0.3) is 0 Å². The molecule has 226 valence electrons. The first-order valence-electron chi connectivity index (χ1n) is 14.4. The lowest BCUT2D eigenvalue weighted by Gasteiger charge is -2.32. The maximum absolute atomic E-state index is 14.9. The molecule has 0 aromatic heterocycles. The summed E-state index contributed by atoms with van der Waals surface area (Å²) in [7, 11) is 0. The van der Waals surface area contributed by atoms with Crippen LogP contribution in [0.3, 0.4) is 0 Å². The number of carboxylic acids is 2. The molecule has 2 heterocycles. The quantitative estimate of drug-likeness (QED) is 0.0873. The van der Waals surface area contributed by atoms with E-state index in [0.29, 0.717) is 23.9 Å². The highest BCUT2D eigenvalue weighted by Gasteiger charge is 2.36. The number of carbonyl (C=O) groups is 2. The van der Waals surface area contributed by atoms with Gasteiger partial charge in [-0.05, 0) is 88.3 Å². The first-order chi connectivity index (χ1) is 20.7. The van der Waals surface area contributed by atoms with Gasteiger partial charge in [0, 0.05) is 17.9 Å². The van der Waals surface area contributed by atoms with Crippen LogP contribution in [-0.4, -0.2) is 59.2 Å². The van der Waals surface area contributed by atoms with Gasteiger partial charge >= 0.3 is 11.9 Å². The largest absolute Gasteiger partial charge is 0.478 e. The van der Waals surface area contributed by atoms with Crippen molar-refractivity contribution in [3.63, 3.8) is 0 Å². The Hall–Kier alpha value is -4.69. The minimum atomic E-state index is -1.28. The molecule has 43 heavy (non-hydrogen) atoms. The highest BCUT2D eigenvalue weighted by Crippen LogP contribution is 2.39. The number of nitriles is 1. The number of likely N-dealkylation sites (tertiary alicyclic amines) is 1. The molecule has 2 aromatic rings. The van der Waals surface area contributed by atoms with Gasteiger partial charge in [0.05, 0.1) is 22.8 Å². The van der Waals surface area contributed by atoms with Gasteiger partial charge in [0.15, 0.2) is 6.19 Å². The van der Waals surface area contributed by atoms with Gasteiger partial charge in [-0.15, -0.1) is 0 Å². The Kier molecular flexibility index (Phi) is 10.5. The topological polar surface area (TPSA) is 150 Å². The minimum absolute atomic E-state index is 0.0443. The van der Waals surface area contributed by atoms with Crippen molar-refractivity contribution in [2.45, 2.75) is 51.4 Å². The summed E-state index contributed by atoms with van der Waals surface area (Å²) in [5, 5.41) is 37.0. The SMILES string of the molecule is CC1=C(C(=O)O)C(c2ccc(F)c(NC(=NCCCCN3CCC(c4ccccc4)CC3)NC#N)c2)C(C(=O)O)=C(C)N1. The van der Waals surface area contributed by atoms with Gasteiger partial charge in [0.2, 0.25) is 5.96 Å². The van der Waals surface area contributed by atoms with Crippen molar-refractivity contribution < 1.29 is 24.2 Å². The van der Waals surface area contributed by atoms with E-state index < -0.39 is 23.7 Å². The van der Waals surface area contributed by atoms with Crippen LogP contribution >= 0.6 is 0 Å². The molecule has 2 aliphatic rings. The minimum Gasteiger partial charge on any atom is -0.478 e. The fourth-order valence-electron chi connectivity index (χ4n) is 5.86. The summed E-state index contributed by atoms with van der Waals surface area (Å²) in [5.74, 6) is -3.72. The van der Waals surface area contributed by atoms with E-state index in [0.717, 1.165) is 51.4 Å². The highest BCUT2D eigenvalue weighted by atomic mass is 19.1. The molecule has 0 saturated carbocycles. The van der Waals surface area contributed by atoms with Crippen molar-refractivity contribution in [2.75, 3.05) is 31.5 Å². The summed E-state index contributed by atoms with van der Waals surface area (Å²) in [4.78, 5) is 31.1. The molecule has 0 amide bonds. The zero-order chi connectivity index (χ0) is 30.9. The third-order valence-corrected chi connectivity index (χ3v) is 7.98. The van der Waals surface area contributed by atoms with Crippen LogP contribution in [0, 0.1) is 17.3 Å². The number of hydrogen-bond donors (Lipinski definition) is 5. The van der Waals surface area contributed by atoms with Crippen LogP contribution in [0.4, 0.5) is 10.1 Å². The molecule has 4 rings (SSSR count). The van der Waals surface area contributed by atoms with E-state index >= 15 is 0 Å². The molecule has 0 spiro atoms. The van der Waals surface area contributed by atoms with Crippen molar-refractivity contribution in [3.05, 3.63) is 88.0 Å². The Morgan fingerprint density at radius 2 is 1.67 bits per heavy atom. The molecule has 0 bridgehead atoms. The molecule has 5 N–H and O–H groups in total. The lowest BCUT2D eigenvalue weighted by Crippen LogP contribution is -2.33. The number of hydrogen-bond acceptors (Lipinski definition) is 6. The average Bonchev–Trinajstić information content (AvgIpc) is 2.98. The van der Waals surface area contributed by atoms with Gasteiger partial charge in [-0.2, -0.15) is 5.26 Å². The third-order valence-electron chi connectivity index (χ3n) is 7.98. The third kappa shape index (κ3) is 7.78. The number of nitrogens with zero attached hydrogens (tertiary/aromatic N) is 3. The Morgan fingerprint density at radius 3 is 2.28 bits per heavy atom. The molecule has 1 saturated heterocycles. The van der Waals surface area contributed by atoms with Gasteiger partial charge in [-0.25, -0.2) is 14.0 Å². The zero-order valence-corrected chi connectivity index (χ0v) is 24.4. The Labute approximate surface area is 250 Å². The number of rotatable bonds is 10. The summed E-state index contributed by atoms with van der Waals surface area (Å²) in [6.45, 7) is 6.56. The maximum Gasteiger partial charge on any atom is 0.334 e. The fraction of sp³-hybridized carbons (Fsp3) is 0.375. The first kappa shape index (κ1) is 31.3. The summed E-state index contributed by atoms with van der Waals surface area (Å²) in [6.07, 6.45) is 5.76. The van der Waals surface area contributed by atoms with E-state index in [4.69, 9.17) is 0 Å². The molecule has 0 radical (unpaired) electrons. The smallest absolute Gasteiger partial charge is 0.334 e. The lowest BCUT2D eigenvalue weighted by atomic mass is 9.80. The first-order valence-corrected chi connectivity index (χ1v) is 14.4. The van der Waals surface area contributed by atoms with Gasteiger partial charge < -0.3 is 25.7 Å². The number of benzene rings is 2. The summed E-state index contributed by atoms with van der Waals surface area (Å²) >= 11 is 0. The van der Waals surface area contributed by atoms with E-state index in [2.05, 4.69) is 50.1 Å². The van der Waals surface area contributed by atoms with Gasteiger partial charge in [-0.1, -0.05) is 36.4 Å². The van der Waals surface area contributed by atoms with E-state index in [-0.39, 0.29) is 28.4 Å². The number of aliphatic imine (C=N–C) groups is 1. The Balaban J connectivity index is 1.39. The lowest BCUT2D eigenvalue weighted by molar-refractivity contribution is -0.133. The number of carboxylic acid groups (broad SMARTS) is 2. The normalized spacial score (nSPS) is 16.9. The molecule has 10 nitrogen and oxygen atoms in total. The fourth-order valence-corrected chi connectivity index (χ4v) is 5.86. The Bertz CT molecular complexity index is 1440. The summed E-state index contributed by atoms with van der Waals surface area (Å²) in [5.41, 5.74) is 1.92. The molecule has 2 aromatic carbocycles. The average molecular weight is 589 g/mol. The molecular weight excluding hydrogens is 551 g/mol. The van der Waals surface area contributed by atoms with Crippen LogP contribution in [0.1, 0.15) is 62.5 Å². The predicted molar refractivity (Wildman–Crippen MR) is 162 cm³/mol. The van der Waals surface area contributed by atoms with Crippen LogP contribution in [0.15, 0.2) is 76.1 Å². The number of halogens is 1. The second-order valence-corrected chi connectivity index (χ2v) is 10.8. The van der Waals surface area contributed by atoms with Crippen LogP contribution in [0.5, 0.6) is 0 Å². The number of dihydropyridines is 1. The van der Waals surface area contributed by atoms with Crippen LogP contribution < -0.4 is 16.0 Å². The van der Waals surface area contributed by atoms with Crippen molar-refractivity contribution in [3.8, 4) is 6.19 Å². The van der Waals surface area contributed by atoms with Crippen LogP contribution in [-0.2, 0) is 9.59 Å². The molecule has 0 atom stereocenters. The number of anilines is 1. The molecular formula is C32H37FN6O4. The van der Waals surface area contributed by atoms with Crippen LogP contribution in [0.2, 0.25) is 0 Å². The number of unbranched alkanes of at least 4 members (excludes halogenated alkanes) is 1. The van der Waals surface area contributed by atoms with E-state index in [1.165, 1.54) is 17.7 Å². The Morgan fingerprint density at radius 1 is 1.02 bits per heavy atom. The van der Waals surface area contributed by atoms with E-state index in [9.17, 15) is 29.5 Å². The van der Waals surface area contributed by atoms with E-state index in [1.807, 2.05) is 6.07 Å². The predicted octanol–water partition coefficient (Wildman–Crippen LogP) is 4.73. The standard InChI is InChI=1S/C32H37FN6O4/c1-20-27(30(40)41)29(28(31(42)43)21(2)37-20)24-10-11-25(33)26(18-24)38-32(36-19-34)35-14-6-7-15-39-16-12-23(13-17-39)22-8-4-3-5-9-22/h3-5,8-11,18,23,29,37H,6-7,12-17H2,1-2H3,(H,40,41)(H,42,43)(H2,35,36,38). The monoisotopic (exact) mass is 588 g/mol. The highest BCUT2D eigenvalue weighted by molar-refractivity contribution is 5.99. The summed E-state index contributed by atoms with van der Waals surface area (Å²) < 4.78 is 14.9. The second kappa shape index (κ2) is 14.5. The van der Waals surface area contributed by atoms with Gasteiger partial charge in [0.1, 0.15) is 5.82 Å². The van der Waals surface area contributed by atoms with Crippen molar-refractivity contribution in [1.82, 2.24) is 15.5 Å². The van der Waals surface area contributed by atoms with Crippen molar-refractivity contribution in [2.24, 2.45) is 4.99 Å². The zero-order valence-electron chi connectivity index (χ0n) is 24.4. The molecule has 0 aliphatic carbocycles. The number of piperidine rings is 1. The van der Waals surface area contributed by atoms with Crippen molar-refractivity contribution in [1.29, 1.82) is 5.26 Å². The number of allylic oxidation sites excluding steroid dienone is 2. The number of nitrogens with one attached hydrogen (secondary N) is 3. The van der Waals surface area contributed by atoms with E-state index in [1.54, 1.807) is 20.0 Å². The summed E-state index contributed by atoms with van der Waals surface area (Å²) in [6, 6.07) is 14.5. The molecule has 2 aliphatic heterocycles. The number of guanidine groups is 1. The second-order valence-electron chi connectivity index (χ2n) is 10.8. The molecule has 0 unspecified atom stereocenters. The maximum atomic E-state index is 14.9. The van der Waals surface area contributed by atoms with Crippen molar-refractivity contribution >= 4 is 23.6 Å². The number of aliphatic carboxylic acids is 2. The van der Waals surface area contributed by atoms with Gasteiger partial charge in [0.25, 0.3) is 0 Å². The molecule has 1 fully saturated rings.